The molecule has 0 fully saturated rings. The van der Waals surface area contributed by atoms with Gasteiger partial charge in [0.25, 0.3) is 0 Å². The predicted molar refractivity (Wildman–Crippen MR) is 52.4 cm³/mol. The number of nitrogen functional groups attached to an aromatic ring is 1. The zero-order valence-electron chi connectivity index (χ0n) is 7.35. The van der Waals surface area contributed by atoms with E-state index in [1.165, 1.54) is 0 Å². The average Bonchev–Trinajstić information content (AvgIpc) is 2.20. The summed E-state index contributed by atoms with van der Waals surface area (Å²) in [5, 5.41) is 7.84. The van der Waals surface area contributed by atoms with Crippen molar-refractivity contribution in [2.24, 2.45) is 0 Å². The minimum atomic E-state index is 0.469. The molecule has 1 aliphatic rings. The van der Waals surface area contributed by atoms with Gasteiger partial charge in [-0.1, -0.05) is 12.2 Å². The lowest BCUT2D eigenvalue weighted by Crippen LogP contribution is -2.27. The van der Waals surface area contributed by atoms with Crippen molar-refractivity contribution in [1.82, 2.24) is 10.2 Å². The van der Waals surface area contributed by atoms with Crippen molar-refractivity contribution < 1.29 is 0 Å². The van der Waals surface area contributed by atoms with Crippen LogP contribution in [0.5, 0.6) is 0 Å². The fourth-order valence-corrected chi connectivity index (χ4v) is 1.35. The summed E-state index contributed by atoms with van der Waals surface area (Å²) in [7, 11) is 0. The lowest BCUT2D eigenvalue weighted by atomic mass is 10.2. The van der Waals surface area contributed by atoms with E-state index >= 15 is 0 Å². The summed E-state index contributed by atoms with van der Waals surface area (Å²) >= 11 is 0. The van der Waals surface area contributed by atoms with Gasteiger partial charge in [-0.3, -0.25) is 0 Å². The second-order valence-corrected chi connectivity index (χ2v) is 3.02. The van der Waals surface area contributed by atoms with Crippen molar-refractivity contribution in [3.63, 3.8) is 0 Å². The van der Waals surface area contributed by atoms with E-state index < -0.39 is 0 Å². The minimum Gasteiger partial charge on any atom is -0.382 e. The molecule has 2 N–H and O–H groups in total. The molecule has 0 aliphatic carbocycles. The first-order valence-electron chi connectivity index (χ1n) is 4.35. The predicted octanol–water partition coefficient (Wildman–Crippen LogP) is 0.825. The van der Waals surface area contributed by atoms with Crippen LogP contribution in [0.15, 0.2) is 24.3 Å². The molecule has 2 heterocycles. The van der Waals surface area contributed by atoms with Crippen LogP contribution < -0.4 is 10.6 Å². The molecule has 0 radical (unpaired) electrons. The van der Waals surface area contributed by atoms with E-state index in [0.717, 1.165) is 25.3 Å². The molecule has 0 bridgehead atoms. The Morgan fingerprint density at radius 3 is 2.77 bits per heavy atom. The summed E-state index contributed by atoms with van der Waals surface area (Å²) < 4.78 is 0. The molecule has 68 valence electrons. The van der Waals surface area contributed by atoms with Crippen LogP contribution in [0, 0.1) is 0 Å². The van der Waals surface area contributed by atoms with Crippen molar-refractivity contribution in [3.8, 4) is 0 Å². The van der Waals surface area contributed by atoms with Crippen LogP contribution in [0.2, 0.25) is 0 Å². The Morgan fingerprint density at radius 2 is 2.15 bits per heavy atom. The van der Waals surface area contributed by atoms with Crippen molar-refractivity contribution in [1.29, 1.82) is 0 Å². The Labute approximate surface area is 77.1 Å². The maximum Gasteiger partial charge on any atom is 0.151 e. The molecule has 0 aromatic carbocycles. The van der Waals surface area contributed by atoms with E-state index in [9.17, 15) is 0 Å². The van der Waals surface area contributed by atoms with Crippen LogP contribution in [0.3, 0.4) is 0 Å². The van der Waals surface area contributed by atoms with Crippen molar-refractivity contribution in [3.05, 3.63) is 24.3 Å². The highest BCUT2D eigenvalue weighted by Crippen LogP contribution is 2.13. The van der Waals surface area contributed by atoms with Crippen LogP contribution in [0.25, 0.3) is 0 Å². The number of hydrogen-bond donors (Lipinski definition) is 1. The molecule has 1 aromatic rings. The first-order valence-corrected chi connectivity index (χ1v) is 4.35. The largest absolute Gasteiger partial charge is 0.382 e. The number of anilines is 2. The summed E-state index contributed by atoms with van der Waals surface area (Å²) in [6.07, 6.45) is 5.40. The zero-order valence-corrected chi connectivity index (χ0v) is 7.35. The first kappa shape index (κ1) is 8.04. The van der Waals surface area contributed by atoms with Gasteiger partial charge in [0.2, 0.25) is 0 Å². The van der Waals surface area contributed by atoms with Crippen LogP contribution in [0.1, 0.15) is 6.42 Å². The standard InChI is InChI=1S/C9H12N4/c10-8-4-5-9(12-11-8)13-6-2-1-3-7-13/h1-2,4-5H,3,6-7H2,(H2,10,11). The number of aromatic nitrogens is 2. The van der Waals surface area contributed by atoms with Gasteiger partial charge in [0.15, 0.2) is 5.82 Å². The Balaban J connectivity index is 2.15. The Morgan fingerprint density at radius 1 is 1.23 bits per heavy atom. The summed E-state index contributed by atoms with van der Waals surface area (Å²) in [4.78, 5) is 2.17. The maximum atomic E-state index is 5.45. The molecule has 13 heavy (non-hydrogen) atoms. The topological polar surface area (TPSA) is 55.0 Å². The normalized spacial score (nSPS) is 16.2. The smallest absolute Gasteiger partial charge is 0.151 e. The van der Waals surface area contributed by atoms with Crippen molar-refractivity contribution in [2.75, 3.05) is 23.7 Å². The minimum absolute atomic E-state index is 0.469. The Hall–Kier alpha value is -1.58. The lowest BCUT2D eigenvalue weighted by molar-refractivity contribution is 0.792. The lowest BCUT2D eigenvalue weighted by Gasteiger charge is -2.23. The molecular weight excluding hydrogens is 164 g/mol. The van der Waals surface area contributed by atoms with E-state index in [1.54, 1.807) is 6.07 Å². The molecule has 4 heteroatoms. The second kappa shape index (κ2) is 3.43. The van der Waals surface area contributed by atoms with Gasteiger partial charge in [-0.05, 0) is 18.6 Å². The fourth-order valence-electron chi connectivity index (χ4n) is 1.35. The van der Waals surface area contributed by atoms with Crippen molar-refractivity contribution >= 4 is 11.6 Å². The van der Waals surface area contributed by atoms with Gasteiger partial charge in [0.1, 0.15) is 5.82 Å². The van der Waals surface area contributed by atoms with Gasteiger partial charge in [0.05, 0.1) is 0 Å². The highest BCUT2D eigenvalue weighted by molar-refractivity contribution is 5.42. The van der Waals surface area contributed by atoms with Gasteiger partial charge >= 0.3 is 0 Å². The Kier molecular flexibility index (Phi) is 2.12. The van der Waals surface area contributed by atoms with Crippen LogP contribution in [-0.4, -0.2) is 23.3 Å². The number of hydrogen-bond acceptors (Lipinski definition) is 4. The second-order valence-electron chi connectivity index (χ2n) is 3.02. The third kappa shape index (κ3) is 1.77. The molecule has 0 saturated heterocycles. The van der Waals surface area contributed by atoms with Crippen LogP contribution in [-0.2, 0) is 0 Å². The average molecular weight is 176 g/mol. The van der Waals surface area contributed by atoms with Gasteiger partial charge in [-0.25, -0.2) is 0 Å². The summed E-state index contributed by atoms with van der Waals surface area (Å²) in [5.74, 6) is 1.37. The molecular formula is C9H12N4. The third-order valence-electron chi connectivity index (χ3n) is 2.05. The third-order valence-corrected chi connectivity index (χ3v) is 2.05. The molecule has 0 atom stereocenters. The summed E-state index contributed by atoms with van der Waals surface area (Å²) in [6, 6.07) is 3.68. The zero-order chi connectivity index (χ0) is 9.10. The number of rotatable bonds is 1. The van der Waals surface area contributed by atoms with Gasteiger partial charge in [-0.2, -0.15) is 0 Å². The molecule has 1 aliphatic heterocycles. The molecule has 0 saturated carbocycles. The van der Waals surface area contributed by atoms with E-state index in [0.29, 0.717) is 5.82 Å². The van der Waals surface area contributed by atoms with E-state index in [1.807, 2.05) is 6.07 Å². The first-order chi connectivity index (χ1) is 6.36. The van der Waals surface area contributed by atoms with Crippen LogP contribution >= 0.6 is 0 Å². The van der Waals surface area contributed by atoms with E-state index in [2.05, 4.69) is 27.2 Å². The van der Waals surface area contributed by atoms with Gasteiger partial charge in [0, 0.05) is 13.1 Å². The highest BCUT2D eigenvalue weighted by Gasteiger charge is 2.08. The van der Waals surface area contributed by atoms with Crippen molar-refractivity contribution in [2.45, 2.75) is 6.42 Å². The fraction of sp³-hybridized carbons (Fsp3) is 0.333. The Bertz CT molecular complexity index is 304. The maximum absolute atomic E-state index is 5.45. The quantitative estimate of drug-likeness (QED) is 0.644. The SMILES string of the molecule is Nc1ccc(N2CC=CCC2)nn1. The van der Waals surface area contributed by atoms with E-state index in [4.69, 9.17) is 5.73 Å². The summed E-state index contributed by atoms with van der Waals surface area (Å²) in [5.41, 5.74) is 5.45. The van der Waals surface area contributed by atoms with Crippen LogP contribution in [0.4, 0.5) is 11.6 Å². The molecule has 0 amide bonds. The number of nitrogens with two attached hydrogens (primary N) is 1. The monoisotopic (exact) mass is 176 g/mol. The molecule has 4 nitrogen and oxygen atoms in total. The number of nitrogens with zero attached hydrogens (tertiary/aromatic N) is 3. The van der Waals surface area contributed by atoms with Gasteiger partial charge < -0.3 is 10.6 Å². The van der Waals surface area contributed by atoms with E-state index in [-0.39, 0.29) is 0 Å². The molecule has 0 unspecified atom stereocenters. The summed E-state index contributed by atoms with van der Waals surface area (Å²) in [6.45, 7) is 1.92. The molecule has 1 aromatic heterocycles. The molecule has 2 rings (SSSR count). The molecule has 0 spiro atoms. The highest BCUT2D eigenvalue weighted by atomic mass is 15.3. The van der Waals surface area contributed by atoms with Gasteiger partial charge in [-0.15, -0.1) is 10.2 Å².